The van der Waals surface area contributed by atoms with Crippen molar-refractivity contribution in [3.05, 3.63) is 23.8 Å². The first-order chi connectivity index (χ1) is 8.04. The van der Waals surface area contributed by atoms with Gasteiger partial charge in [-0.1, -0.05) is 0 Å². The third kappa shape index (κ3) is 4.05. The fourth-order valence-corrected chi connectivity index (χ4v) is 1.42. The van der Waals surface area contributed by atoms with Crippen molar-refractivity contribution >= 4 is 5.78 Å². The van der Waals surface area contributed by atoms with Crippen molar-refractivity contribution in [3.63, 3.8) is 0 Å². The molecule has 0 spiro atoms. The third-order valence-electron chi connectivity index (χ3n) is 2.45. The molecule has 5 nitrogen and oxygen atoms in total. The third-order valence-corrected chi connectivity index (χ3v) is 2.45. The fourth-order valence-electron chi connectivity index (χ4n) is 1.42. The van der Waals surface area contributed by atoms with Gasteiger partial charge in [0.25, 0.3) is 0 Å². The lowest BCUT2D eigenvalue weighted by molar-refractivity contribution is 0.0946. The number of Topliss-reactive ketones (excluding diaryl/α,β-unsaturated/α-hetero) is 1. The summed E-state index contributed by atoms with van der Waals surface area (Å²) >= 11 is 0. The van der Waals surface area contributed by atoms with Gasteiger partial charge in [0.2, 0.25) is 0 Å². The van der Waals surface area contributed by atoms with E-state index >= 15 is 0 Å². The minimum atomic E-state index is -0.270. The SMILES string of the molecule is CNCCN(C)CC(=O)c1ccc(O)c(O)c1. The summed E-state index contributed by atoms with van der Waals surface area (Å²) in [4.78, 5) is 13.7. The van der Waals surface area contributed by atoms with Gasteiger partial charge in [-0.05, 0) is 32.3 Å². The van der Waals surface area contributed by atoms with Gasteiger partial charge < -0.3 is 15.5 Å². The van der Waals surface area contributed by atoms with Gasteiger partial charge in [-0.2, -0.15) is 0 Å². The Labute approximate surface area is 101 Å². The van der Waals surface area contributed by atoms with Crippen molar-refractivity contribution in [1.82, 2.24) is 10.2 Å². The number of hydrogen-bond acceptors (Lipinski definition) is 5. The second-order valence-corrected chi connectivity index (χ2v) is 3.97. The van der Waals surface area contributed by atoms with E-state index in [0.717, 1.165) is 13.1 Å². The fraction of sp³-hybridized carbons (Fsp3) is 0.417. The van der Waals surface area contributed by atoms with Crippen LogP contribution in [0.1, 0.15) is 10.4 Å². The number of rotatable bonds is 6. The molecule has 1 aromatic carbocycles. The van der Waals surface area contributed by atoms with E-state index < -0.39 is 0 Å². The predicted octanol–water partition coefficient (Wildman–Crippen LogP) is 0.432. The standard InChI is InChI=1S/C12H18N2O3/c1-13-5-6-14(2)8-12(17)9-3-4-10(15)11(16)7-9/h3-4,7,13,15-16H,5-6,8H2,1-2H3. The van der Waals surface area contributed by atoms with E-state index in [-0.39, 0.29) is 23.8 Å². The molecule has 1 rings (SSSR count). The van der Waals surface area contributed by atoms with Gasteiger partial charge in [-0.15, -0.1) is 0 Å². The molecule has 1 aromatic rings. The number of carbonyl (C=O) groups is 1. The molecule has 0 unspecified atom stereocenters. The van der Waals surface area contributed by atoms with Crippen LogP contribution in [0.25, 0.3) is 0 Å². The molecule has 0 bridgehead atoms. The van der Waals surface area contributed by atoms with Crippen LogP contribution in [0.4, 0.5) is 0 Å². The normalized spacial score (nSPS) is 10.8. The Morgan fingerprint density at radius 1 is 1.35 bits per heavy atom. The average molecular weight is 238 g/mol. The Morgan fingerprint density at radius 3 is 2.65 bits per heavy atom. The number of aromatic hydroxyl groups is 2. The maximum atomic E-state index is 11.8. The molecule has 0 heterocycles. The highest BCUT2D eigenvalue weighted by molar-refractivity contribution is 5.98. The molecular formula is C12H18N2O3. The summed E-state index contributed by atoms with van der Waals surface area (Å²) in [6.45, 7) is 1.86. The van der Waals surface area contributed by atoms with Crippen LogP contribution >= 0.6 is 0 Å². The summed E-state index contributed by atoms with van der Waals surface area (Å²) in [6, 6.07) is 4.10. The van der Waals surface area contributed by atoms with Gasteiger partial charge in [0.05, 0.1) is 6.54 Å². The Kier molecular flexibility index (Phi) is 4.93. The van der Waals surface area contributed by atoms with Gasteiger partial charge in [-0.25, -0.2) is 0 Å². The van der Waals surface area contributed by atoms with Crippen molar-refractivity contribution in [2.75, 3.05) is 33.7 Å². The van der Waals surface area contributed by atoms with Crippen molar-refractivity contribution in [1.29, 1.82) is 0 Å². The van der Waals surface area contributed by atoms with Crippen molar-refractivity contribution in [2.24, 2.45) is 0 Å². The molecule has 17 heavy (non-hydrogen) atoms. The summed E-state index contributed by atoms with van der Waals surface area (Å²) in [6.07, 6.45) is 0. The second kappa shape index (κ2) is 6.22. The number of hydrogen-bond donors (Lipinski definition) is 3. The van der Waals surface area contributed by atoms with Gasteiger partial charge in [0.15, 0.2) is 17.3 Å². The number of ketones is 1. The molecule has 0 radical (unpaired) electrons. The zero-order chi connectivity index (χ0) is 12.8. The monoisotopic (exact) mass is 238 g/mol. The molecule has 0 atom stereocenters. The van der Waals surface area contributed by atoms with E-state index in [1.807, 2.05) is 19.0 Å². The predicted molar refractivity (Wildman–Crippen MR) is 65.5 cm³/mol. The van der Waals surface area contributed by atoms with Crippen LogP contribution in [-0.2, 0) is 0 Å². The number of phenolic OH excluding ortho intramolecular Hbond substituents is 2. The van der Waals surface area contributed by atoms with E-state index in [0.29, 0.717) is 5.56 Å². The van der Waals surface area contributed by atoms with Gasteiger partial charge in [0, 0.05) is 18.7 Å². The minimum Gasteiger partial charge on any atom is -0.504 e. The Hall–Kier alpha value is -1.59. The summed E-state index contributed by atoms with van der Waals surface area (Å²) < 4.78 is 0. The number of nitrogens with zero attached hydrogens (tertiary/aromatic N) is 1. The Bertz CT molecular complexity index is 393. The van der Waals surface area contributed by atoms with E-state index in [9.17, 15) is 9.90 Å². The molecule has 0 aliphatic rings. The highest BCUT2D eigenvalue weighted by Gasteiger charge is 2.11. The van der Waals surface area contributed by atoms with Crippen LogP contribution in [-0.4, -0.2) is 54.6 Å². The van der Waals surface area contributed by atoms with E-state index in [4.69, 9.17) is 5.11 Å². The lowest BCUT2D eigenvalue weighted by atomic mass is 10.1. The van der Waals surface area contributed by atoms with Crippen LogP contribution < -0.4 is 5.32 Å². The second-order valence-electron chi connectivity index (χ2n) is 3.97. The van der Waals surface area contributed by atoms with Crippen LogP contribution in [0, 0.1) is 0 Å². The zero-order valence-electron chi connectivity index (χ0n) is 10.1. The van der Waals surface area contributed by atoms with Gasteiger partial charge in [-0.3, -0.25) is 9.69 Å². The maximum Gasteiger partial charge on any atom is 0.176 e. The molecule has 0 fully saturated rings. The van der Waals surface area contributed by atoms with Gasteiger partial charge >= 0.3 is 0 Å². The molecule has 0 saturated heterocycles. The number of benzene rings is 1. The Balaban J connectivity index is 2.60. The smallest absolute Gasteiger partial charge is 0.176 e. The van der Waals surface area contributed by atoms with Crippen molar-refractivity contribution < 1.29 is 15.0 Å². The first kappa shape index (κ1) is 13.5. The summed E-state index contributed by atoms with van der Waals surface area (Å²) in [5.74, 6) is -0.572. The number of phenols is 2. The molecule has 5 heteroatoms. The van der Waals surface area contributed by atoms with Crippen LogP contribution in [0.5, 0.6) is 11.5 Å². The summed E-state index contributed by atoms with van der Waals surface area (Å²) in [5.41, 5.74) is 0.400. The molecule has 0 amide bonds. The number of likely N-dealkylation sites (N-methyl/N-ethyl adjacent to an activating group) is 2. The lowest BCUT2D eigenvalue weighted by Crippen LogP contribution is -2.31. The highest BCUT2D eigenvalue weighted by Crippen LogP contribution is 2.24. The van der Waals surface area contributed by atoms with Crippen LogP contribution in [0.15, 0.2) is 18.2 Å². The molecular weight excluding hydrogens is 220 g/mol. The molecule has 0 aliphatic carbocycles. The minimum absolute atomic E-state index is 0.0843. The maximum absolute atomic E-state index is 11.8. The first-order valence-corrected chi connectivity index (χ1v) is 5.43. The quantitative estimate of drug-likeness (QED) is 0.495. The lowest BCUT2D eigenvalue weighted by Gasteiger charge is -2.15. The zero-order valence-corrected chi connectivity index (χ0v) is 10.1. The number of carbonyl (C=O) groups excluding carboxylic acids is 1. The van der Waals surface area contributed by atoms with Crippen LogP contribution in [0.3, 0.4) is 0 Å². The molecule has 0 aliphatic heterocycles. The molecule has 0 saturated carbocycles. The summed E-state index contributed by atoms with van der Waals surface area (Å²) in [7, 11) is 3.71. The van der Waals surface area contributed by atoms with Gasteiger partial charge in [0.1, 0.15) is 0 Å². The summed E-state index contributed by atoms with van der Waals surface area (Å²) in [5, 5.41) is 21.4. The number of nitrogens with one attached hydrogen (secondary N) is 1. The largest absolute Gasteiger partial charge is 0.504 e. The van der Waals surface area contributed by atoms with E-state index in [2.05, 4.69) is 5.32 Å². The van der Waals surface area contributed by atoms with Crippen molar-refractivity contribution in [2.45, 2.75) is 0 Å². The van der Waals surface area contributed by atoms with E-state index in [1.165, 1.54) is 18.2 Å². The topological polar surface area (TPSA) is 72.8 Å². The Morgan fingerprint density at radius 2 is 2.06 bits per heavy atom. The molecule has 94 valence electrons. The van der Waals surface area contributed by atoms with E-state index in [1.54, 1.807) is 0 Å². The molecule has 3 N–H and O–H groups in total. The van der Waals surface area contributed by atoms with Crippen molar-refractivity contribution in [3.8, 4) is 11.5 Å². The van der Waals surface area contributed by atoms with Crippen LogP contribution in [0.2, 0.25) is 0 Å². The average Bonchev–Trinajstić information content (AvgIpc) is 2.30. The highest BCUT2D eigenvalue weighted by atomic mass is 16.3. The first-order valence-electron chi connectivity index (χ1n) is 5.43. The molecule has 0 aromatic heterocycles.